The molecule has 1 nitrogen and oxygen atoms in total. The van der Waals surface area contributed by atoms with Crippen LogP contribution in [0.25, 0.3) is 11.1 Å². The van der Waals surface area contributed by atoms with Crippen LogP contribution in [0.1, 0.15) is 56.9 Å². The fourth-order valence-corrected chi connectivity index (χ4v) is 5.84. The number of nitrogens with zero attached hydrogens (tertiary/aromatic N) is 1. The Balaban J connectivity index is 1.80. The second-order valence-corrected chi connectivity index (χ2v) is 13.1. The molecule has 0 atom stereocenters. The van der Waals surface area contributed by atoms with Gasteiger partial charge in [-0.05, 0) is 76.6 Å². The molecule has 0 unspecified atom stereocenters. The van der Waals surface area contributed by atoms with Crippen LogP contribution in [0.15, 0.2) is 115 Å². The number of halogens is 2. The van der Waals surface area contributed by atoms with Crippen molar-refractivity contribution in [3.63, 3.8) is 0 Å². The number of aryl methyl sites for hydroxylation is 1. The summed E-state index contributed by atoms with van der Waals surface area (Å²) in [5.41, 5.74) is 9.80. The standard InChI is InChI=1S/C38H37Cl2N/c1-26-22-33(39)36(40)35(23-26)41(31-19-13-18-30(24-31)38(5,6)28-16-11-8-12-17-28)34-21-20-29(37(2,3)4)25-32(34)27-14-9-7-10-15-27/h7-25H,1-6H3. The van der Waals surface area contributed by atoms with E-state index in [1.54, 1.807) is 0 Å². The lowest BCUT2D eigenvalue weighted by Crippen LogP contribution is -2.20. The first-order chi connectivity index (χ1) is 19.5. The molecule has 0 aliphatic heterocycles. The molecule has 0 aliphatic carbocycles. The van der Waals surface area contributed by atoms with Crippen molar-refractivity contribution in [2.45, 2.75) is 52.4 Å². The van der Waals surface area contributed by atoms with Gasteiger partial charge >= 0.3 is 0 Å². The number of hydrogen-bond acceptors (Lipinski definition) is 1. The van der Waals surface area contributed by atoms with Gasteiger partial charge in [-0.25, -0.2) is 0 Å². The highest BCUT2D eigenvalue weighted by atomic mass is 35.5. The van der Waals surface area contributed by atoms with E-state index in [-0.39, 0.29) is 10.8 Å². The summed E-state index contributed by atoms with van der Waals surface area (Å²) in [5.74, 6) is 0. The zero-order valence-corrected chi connectivity index (χ0v) is 26.2. The number of anilines is 3. The summed E-state index contributed by atoms with van der Waals surface area (Å²) in [4.78, 5) is 2.26. The van der Waals surface area contributed by atoms with Gasteiger partial charge in [-0.15, -0.1) is 0 Å². The van der Waals surface area contributed by atoms with E-state index < -0.39 is 0 Å². The summed E-state index contributed by atoms with van der Waals surface area (Å²) in [6.45, 7) is 13.4. The van der Waals surface area contributed by atoms with Gasteiger partial charge in [0.25, 0.3) is 0 Å². The van der Waals surface area contributed by atoms with Crippen molar-refractivity contribution in [1.82, 2.24) is 0 Å². The molecule has 0 amide bonds. The van der Waals surface area contributed by atoms with Crippen molar-refractivity contribution < 1.29 is 0 Å². The third kappa shape index (κ3) is 5.94. The van der Waals surface area contributed by atoms with E-state index >= 15 is 0 Å². The lowest BCUT2D eigenvalue weighted by atomic mass is 9.78. The van der Waals surface area contributed by atoms with E-state index in [0.717, 1.165) is 33.8 Å². The van der Waals surface area contributed by atoms with Crippen LogP contribution in [0.5, 0.6) is 0 Å². The molecule has 0 aliphatic rings. The maximum absolute atomic E-state index is 7.01. The molecule has 0 N–H and O–H groups in total. The van der Waals surface area contributed by atoms with Crippen molar-refractivity contribution in [3.8, 4) is 11.1 Å². The van der Waals surface area contributed by atoms with Gasteiger partial charge in [0.1, 0.15) is 0 Å². The van der Waals surface area contributed by atoms with Gasteiger partial charge in [-0.3, -0.25) is 0 Å². The number of hydrogen-bond donors (Lipinski definition) is 0. The van der Waals surface area contributed by atoms with Crippen LogP contribution in [-0.2, 0) is 10.8 Å². The molecule has 0 fully saturated rings. The van der Waals surface area contributed by atoms with Crippen molar-refractivity contribution in [2.75, 3.05) is 4.90 Å². The highest BCUT2D eigenvalue weighted by molar-refractivity contribution is 6.44. The molecule has 0 spiro atoms. The van der Waals surface area contributed by atoms with E-state index in [4.69, 9.17) is 23.2 Å². The van der Waals surface area contributed by atoms with Crippen LogP contribution in [-0.4, -0.2) is 0 Å². The molecule has 0 saturated heterocycles. The Morgan fingerprint density at radius 2 is 1.20 bits per heavy atom. The molecule has 5 rings (SSSR count). The summed E-state index contributed by atoms with van der Waals surface area (Å²) in [6.07, 6.45) is 0. The van der Waals surface area contributed by atoms with E-state index in [0.29, 0.717) is 10.0 Å². The molecule has 5 aromatic carbocycles. The van der Waals surface area contributed by atoms with Crippen LogP contribution < -0.4 is 4.90 Å². The highest BCUT2D eigenvalue weighted by Gasteiger charge is 2.27. The molecule has 0 aromatic heterocycles. The van der Waals surface area contributed by atoms with Crippen molar-refractivity contribution in [3.05, 3.63) is 148 Å². The summed E-state index contributed by atoms with van der Waals surface area (Å²) in [5, 5.41) is 1.07. The normalized spacial score (nSPS) is 11.9. The van der Waals surface area contributed by atoms with E-state index in [2.05, 4.69) is 156 Å². The molecule has 5 aromatic rings. The van der Waals surface area contributed by atoms with Gasteiger partial charge in [0.05, 0.1) is 21.4 Å². The van der Waals surface area contributed by atoms with Gasteiger partial charge in [0.15, 0.2) is 0 Å². The number of benzene rings is 5. The van der Waals surface area contributed by atoms with E-state index in [1.165, 1.54) is 16.7 Å². The average molecular weight is 579 g/mol. The predicted octanol–water partition coefficient (Wildman–Crippen LogP) is 12.1. The fourth-order valence-electron chi connectivity index (χ4n) is 5.38. The van der Waals surface area contributed by atoms with Crippen LogP contribution in [0.3, 0.4) is 0 Å². The van der Waals surface area contributed by atoms with Crippen LogP contribution >= 0.6 is 23.2 Å². The Bertz CT molecular complexity index is 1660. The third-order valence-corrected chi connectivity index (χ3v) is 8.70. The quantitative estimate of drug-likeness (QED) is 0.194. The van der Waals surface area contributed by atoms with E-state index in [1.807, 2.05) is 6.07 Å². The highest BCUT2D eigenvalue weighted by Crippen LogP contribution is 2.47. The Labute approximate surface area is 255 Å². The Morgan fingerprint density at radius 1 is 0.561 bits per heavy atom. The summed E-state index contributed by atoms with van der Waals surface area (Å²) >= 11 is 13.7. The topological polar surface area (TPSA) is 3.24 Å². The summed E-state index contributed by atoms with van der Waals surface area (Å²) in [7, 11) is 0. The molecule has 0 heterocycles. The third-order valence-electron chi connectivity index (χ3n) is 7.90. The molecule has 0 radical (unpaired) electrons. The zero-order chi connectivity index (χ0) is 29.4. The lowest BCUT2D eigenvalue weighted by molar-refractivity contribution is 0.590. The molecular formula is C38H37Cl2N. The van der Waals surface area contributed by atoms with Crippen molar-refractivity contribution in [1.29, 1.82) is 0 Å². The maximum Gasteiger partial charge on any atom is 0.0832 e. The Hall–Kier alpha value is -3.52. The van der Waals surface area contributed by atoms with E-state index in [9.17, 15) is 0 Å². The van der Waals surface area contributed by atoms with Gasteiger partial charge in [-0.1, -0.05) is 137 Å². The summed E-state index contributed by atoms with van der Waals surface area (Å²) < 4.78 is 0. The van der Waals surface area contributed by atoms with Crippen LogP contribution in [0, 0.1) is 6.92 Å². The van der Waals surface area contributed by atoms with Crippen LogP contribution in [0.2, 0.25) is 10.0 Å². The molecular weight excluding hydrogens is 541 g/mol. The van der Waals surface area contributed by atoms with Gasteiger partial charge in [0, 0.05) is 16.7 Å². The fraction of sp³-hybridized carbons (Fsp3) is 0.211. The second-order valence-electron chi connectivity index (χ2n) is 12.3. The van der Waals surface area contributed by atoms with Crippen LogP contribution in [0.4, 0.5) is 17.1 Å². The first-order valence-corrected chi connectivity index (χ1v) is 14.8. The average Bonchev–Trinajstić information content (AvgIpc) is 2.96. The smallest absolute Gasteiger partial charge is 0.0832 e. The SMILES string of the molecule is Cc1cc(Cl)c(Cl)c(N(c2cccc(C(C)(C)c3ccccc3)c2)c2ccc(C(C)(C)C)cc2-c2ccccc2)c1. The zero-order valence-electron chi connectivity index (χ0n) is 24.7. The lowest BCUT2D eigenvalue weighted by Gasteiger charge is -2.32. The Morgan fingerprint density at radius 3 is 1.85 bits per heavy atom. The first-order valence-electron chi connectivity index (χ1n) is 14.1. The van der Waals surface area contributed by atoms with Crippen molar-refractivity contribution >= 4 is 40.3 Å². The molecule has 3 heteroatoms. The minimum absolute atomic E-state index is 0.00317. The molecule has 0 saturated carbocycles. The van der Waals surface area contributed by atoms with Gasteiger partial charge in [0.2, 0.25) is 0 Å². The van der Waals surface area contributed by atoms with Gasteiger partial charge < -0.3 is 4.90 Å². The summed E-state index contributed by atoms with van der Waals surface area (Å²) in [6, 6.07) is 40.8. The molecule has 0 bridgehead atoms. The maximum atomic E-state index is 7.01. The second kappa shape index (κ2) is 11.4. The monoisotopic (exact) mass is 577 g/mol. The largest absolute Gasteiger partial charge is 0.308 e. The Kier molecular flexibility index (Phi) is 8.06. The first kappa shape index (κ1) is 29.0. The van der Waals surface area contributed by atoms with Crippen molar-refractivity contribution in [2.24, 2.45) is 0 Å². The molecule has 41 heavy (non-hydrogen) atoms. The van der Waals surface area contributed by atoms with Gasteiger partial charge in [-0.2, -0.15) is 0 Å². The predicted molar refractivity (Wildman–Crippen MR) is 179 cm³/mol. The minimum Gasteiger partial charge on any atom is -0.308 e. The minimum atomic E-state index is -0.199. The number of rotatable bonds is 6. The molecule has 208 valence electrons.